The van der Waals surface area contributed by atoms with E-state index in [0.717, 1.165) is 19.4 Å². The molecule has 4 rings (SSSR count). The number of carbonyl (C=O) groups is 1. The molecule has 0 spiro atoms. The number of pyridine rings is 1. The highest BCUT2D eigenvalue weighted by Gasteiger charge is 2.35. The van der Waals surface area contributed by atoms with Gasteiger partial charge in [-0.2, -0.15) is 4.31 Å². The summed E-state index contributed by atoms with van der Waals surface area (Å²) in [5, 5.41) is 8.88. The van der Waals surface area contributed by atoms with Gasteiger partial charge in [0.25, 0.3) is 0 Å². The van der Waals surface area contributed by atoms with Gasteiger partial charge in [0.1, 0.15) is 0 Å². The van der Waals surface area contributed by atoms with Gasteiger partial charge in [-0.1, -0.05) is 38.5 Å². The van der Waals surface area contributed by atoms with Crippen LogP contribution in [-0.2, 0) is 14.8 Å². The molecule has 10 heteroatoms. The third kappa shape index (κ3) is 4.47. The number of amides is 1. The molecule has 1 saturated heterocycles. The summed E-state index contributed by atoms with van der Waals surface area (Å²) in [5.74, 6) is 1.08. The Kier molecular flexibility index (Phi) is 6.88. The lowest BCUT2D eigenvalue weighted by atomic mass is 9.78. The highest BCUT2D eigenvalue weighted by Crippen LogP contribution is 2.35. The first-order valence-corrected chi connectivity index (χ1v) is 13.7. The molecule has 170 valence electrons. The molecule has 1 aliphatic heterocycles. The van der Waals surface area contributed by atoms with E-state index in [9.17, 15) is 13.2 Å². The quantitative estimate of drug-likeness (QED) is 0.584. The van der Waals surface area contributed by atoms with Crippen molar-refractivity contribution in [2.24, 2.45) is 5.92 Å². The Balaban J connectivity index is 1.50. The molecule has 2 aliphatic rings. The van der Waals surface area contributed by atoms with E-state index in [1.807, 2.05) is 13.8 Å². The van der Waals surface area contributed by atoms with Crippen LogP contribution in [0.4, 0.5) is 0 Å². The van der Waals surface area contributed by atoms with E-state index in [1.165, 1.54) is 41.8 Å². The van der Waals surface area contributed by atoms with Crippen LogP contribution in [0, 0.1) is 5.92 Å². The molecule has 2 unspecified atom stereocenters. The fourth-order valence-electron chi connectivity index (χ4n) is 4.96. The Labute approximate surface area is 188 Å². The maximum atomic E-state index is 13.0. The molecule has 2 aromatic heterocycles. The summed E-state index contributed by atoms with van der Waals surface area (Å²) in [6, 6.07) is 3.61. The smallest absolute Gasteiger partial charge is 0.244 e. The number of hydrogen-bond donors (Lipinski definition) is 0. The lowest BCUT2D eigenvalue weighted by Crippen LogP contribution is -2.50. The Morgan fingerprint density at radius 3 is 2.65 bits per heavy atom. The van der Waals surface area contributed by atoms with Crippen LogP contribution in [0.5, 0.6) is 0 Å². The van der Waals surface area contributed by atoms with E-state index in [0.29, 0.717) is 35.9 Å². The zero-order chi connectivity index (χ0) is 22.0. The summed E-state index contributed by atoms with van der Waals surface area (Å²) in [4.78, 5) is 15.3. The standard InChI is InChI=1S/C21H31N5O3S2/c1-3-24(4-2)31(28,29)17-11-12-19-22-23-21(26(19)14-17)30-15-20(27)25-13-7-9-16-8-5-6-10-18(16)25/h11-12,14,16,18H,3-10,13,15H2,1-2H3. The Morgan fingerprint density at radius 1 is 1.13 bits per heavy atom. The predicted octanol–water partition coefficient (Wildman–Crippen LogP) is 3.03. The minimum absolute atomic E-state index is 0.144. The molecule has 3 heterocycles. The topological polar surface area (TPSA) is 87.9 Å². The van der Waals surface area contributed by atoms with Crippen molar-refractivity contribution in [2.75, 3.05) is 25.4 Å². The van der Waals surface area contributed by atoms with Crippen molar-refractivity contribution >= 4 is 33.3 Å². The Hall–Kier alpha value is -1.65. The van der Waals surface area contributed by atoms with Crippen LogP contribution in [0.25, 0.3) is 5.65 Å². The van der Waals surface area contributed by atoms with Gasteiger partial charge in [0.2, 0.25) is 15.9 Å². The summed E-state index contributed by atoms with van der Waals surface area (Å²) in [5.41, 5.74) is 0.568. The molecule has 0 bridgehead atoms. The van der Waals surface area contributed by atoms with Crippen molar-refractivity contribution in [3.63, 3.8) is 0 Å². The van der Waals surface area contributed by atoms with E-state index < -0.39 is 10.0 Å². The first-order valence-electron chi connectivity index (χ1n) is 11.2. The number of sulfonamides is 1. The van der Waals surface area contributed by atoms with Gasteiger partial charge in [-0.25, -0.2) is 8.42 Å². The van der Waals surface area contributed by atoms with Gasteiger partial charge in [-0.05, 0) is 43.7 Å². The Bertz CT molecular complexity index is 1030. The highest BCUT2D eigenvalue weighted by atomic mass is 32.2. The first kappa shape index (κ1) is 22.5. The monoisotopic (exact) mass is 465 g/mol. The van der Waals surface area contributed by atoms with E-state index >= 15 is 0 Å². The molecule has 0 N–H and O–H groups in total. The first-order chi connectivity index (χ1) is 15.0. The molecule has 31 heavy (non-hydrogen) atoms. The van der Waals surface area contributed by atoms with Crippen molar-refractivity contribution in [3.05, 3.63) is 18.3 Å². The third-order valence-electron chi connectivity index (χ3n) is 6.58. The number of thioether (sulfide) groups is 1. The highest BCUT2D eigenvalue weighted by molar-refractivity contribution is 7.99. The molecule has 2 aromatic rings. The zero-order valence-corrected chi connectivity index (χ0v) is 19.9. The summed E-state index contributed by atoms with van der Waals surface area (Å²) in [7, 11) is -3.58. The van der Waals surface area contributed by atoms with E-state index in [1.54, 1.807) is 22.7 Å². The number of piperidine rings is 1. The summed E-state index contributed by atoms with van der Waals surface area (Å²) >= 11 is 1.33. The summed E-state index contributed by atoms with van der Waals surface area (Å²) < 4.78 is 28.9. The van der Waals surface area contributed by atoms with Crippen LogP contribution in [0.3, 0.4) is 0 Å². The summed E-state index contributed by atoms with van der Waals surface area (Å²) in [6.45, 7) is 5.30. The van der Waals surface area contributed by atoms with Crippen molar-refractivity contribution < 1.29 is 13.2 Å². The second-order valence-electron chi connectivity index (χ2n) is 8.29. The van der Waals surface area contributed by atoms with Gasteiger partial charge < -0.3 is 4.90 Å². The molecule has 8 nitrogen and oxygen atoms in total. The normalized spacial score (nSPS) is 22.1. The van der Waals surface area contributed by atoms with Crippen molar-refractivity contribution in [1.29, 1.82) is 0 Å². The maximum absolute atomic E-state index is 13.0. The third-order valence-corrected chi connectivity index (χ3v) is 9.54. The predicted molar refractivity (Wildman–Crippen MR) is 121 cm³/mol. The van der Waals surface area contributed by atoms with Crippen molar-refractivity contribution in [3.8, 4) is 0 Å². The number of hydrogen-bond acceptors (Lipinski definition) is 6. The lowest BCUT2D eigenvalue weighted by Gasteiger charge is -2.44. The average Bonchev–Trinajstić information content (AvgIpc) is 3.20. The maximum Gasteiger partial charge on any atom is 0.244 e. The molecule has 2 atom stereocenters. The van der Waals surface area contributed by atoms with Gasteiger partial charge >= 0.3 is 0 Å². The fraction of sp³-hybridized carbons (Fsp3) is 0.667. The van der Waals surface area contributed by atoms with Gasteiger partial charge in [0.15, 0.2) is 10.8 Å². The van der Waals surface area contributed by atoms with Crippen molar-refractivity contribution in [1.82, 2.24) is 23.8 Å². The van der Waals surface area contributed by atoms with Crippen LogP contribution >= 0.6 is 11.8 Å². The zero-order valence-electron chi connectivity index (χ0n) is 18.2. The van der Waals surface area contributed by atoms with E-state index in [4.69, 9.17) is 0 Å². The number of nitrogens with zero attached hydrogens (tertiary/aromatic N) is 5. The summed E-state index contributed by atoms with van der Waals surface area (Å²) in [6.07, 6.45) is 8.72. The molecule has 0 aromatic carbocycles. The molecule has 1 amide bonds. The SMILES string of the molecule is CCN(CC)S(=O)(=O)c1ccc2nnc(SCC(=O)N3CCCC4CCCCC43)n2c1. The minimum atomic E-state index is -3.58. The minimum Gasteiger partial charge on any atom is -0.339 e. The Morgan fingerprint density at radius 2 is 1.87 bits per heavy atom. The van der Waals surface area contributed by atoms with E-state index in [2.05, 4.69) is 15.1 Å². The number of fused-ring (bicyclic) bond motifs is 2. The second kappa shape index (κ2) is 9.46. The lowest BCUT2D eigenvalue weighted by molar-refractivity contribution is -0.134. The van der Waals surface area contributed by atoms with Crippen LogP contribution in [0.15, 0.2) is 28.4 Å². The molecular formula is C21H31N5O3S2. The molecule has 0 radical (unpaired) electrons. The number of likely N-dealkylation sites (tertiary alicyclic amines) is 1. The number of carbonyl (C=O) groups excluding carboxylic acids is 1. The van der Waals surface area contributed by atoms with Gasteiger partial charge in [0.05, 0.1) is 10.6 Å². The largest absolute Gasteiger partial charge is 0.339 e. The van der Waals surface area contributed by atoms with Crippen LogP contribution < -0.4 is 0 Å². The van der Waals surface area contributed by atoms with Gasteiger partial charge in [-0.15, -0.1) is 10.2 Å². The van der Waals surface area contributed by atoms with Gasteiger partial charge in [0, 0.05) is 31.9 Å². The van der Waals surface area contributed by atoms with Crippen LogP contribution in [-0.4, -0.2) is 69.6 Å². The molecular weight excluding hydrogens is 434 g/mol. The van der Waals surface area contributed by atoms with Gasteiger partial charge in [-0.3, -0.25) is 9.20 Å². The number of rotatable bonds is 7. The molecule has 1 saturated carbocycles. The molecule has 1 aliphatic carbocycles. The van der Waals surface area contributed by atoms with Crippen LogP contribution in [0.2, 0.25) is 0 Å². The van der Waals surface area contributed by atoms with Crippen LogP contribution in [0.1, 0.15) is 52.4 Å². The van der Waals surface area contributed by atoms with E-state index in [-0.39, 0.29) is 16.6 Å². The number of aromatic nitrogens is 3. The fourth-order valence-corrected chi connectivity index (χ4v) is 7.22. The van der Waals surface area contributed by atoms with Crippen molar-refractivity contribution in [2.45, 2.75) is 68.5 Å². The molecule has 2 fully saturated rings. The second-order valence-corrected chi connectivity index (χ2v) is 11.2. The average molecular weight is 466 g/mol.